The fraction of sp³-hybridized carbons (Fsp3) is 0.488. The summed E-state index contributed by atoms with van der Waals surface area (Å²) in [4.78, 5) is 86.2. The summed E-state index contributed by atoms with van der Waals surface area (Å²) >= 11 is 0. The van der Waals surface area contributed by atoms with Gasteiger partial charge in [-0.1, -0.05) is 31.6 Å². The van der Waals surface area contributed by atoms with Gasteiger partial charge in [0.15, 0.2) is 11.9 Å². The Morgan fingerprint density at radius 2 is 1.48 bits per heavy atom. The smallest absolute Gasteiger partial charge is 0.342 e. The number of carbonyl (C=O) groups excluding carboxylic acids is 6. The summed E-state index contributed by atoms with van der Waals surface area (Å²) in [7, 11) is 1.46. The summed E-state index contributed by atoms with van der Waals surface area (Å²) in [5.41, 5.74) is 3.51. The molecule has 2 aromatic carbocycles. The van der Waals surface area contributed by atoms with Crippen LogP contribution in [0.15, 0.2) is 23.8 Å². The number of fused-ring (bicyclic) bond motifs is 1. The number of benzene rings is 2. The lowest BCUT2D eigenvalue weighted by Gasteiger charge is -2.29. The van der Waals surface area contributed by atoms with Crippen molar-refractivity contribution in [2.75, 3.05) is 20.3 Å². The molecule has 0 aromatic heterocycles. The first-order valence-electron chi connectivity index (χ1n) is 18.0. The maximum absolute atomic E-state index is 13.9. The number of aryl methyl sites for hydroxylation is 2. The lowest BCUT2D eigenvalue weighted by atomic mass is 9.78. The van der Waals surface area contributed by atoms with Crippen molar-refractivity contribution in [3.05, 3.63) is 62.7 Å². The lowest BCUT2D eigenvalue weighted by Crippen LogP contribution is -2.30. The number of cyclic esters (lactones) is 1. The van der Waals surface area contributed by atoms with Crippen LogP contribution in [0.2, 0.25) is 0 Å². The summed E-state index contributed by atoms with van der Waals surface area (Å²) in [5.74, 6) is -4.55. The van der Waals surface area contributed by atoms with Crippen molar-refractivity contribution >= 4 is 41.8 Å². The number of rotatable bonds is 19. The third-order valence-electron chi connectivity index (χ3n) is 8.94. The second-order valence-electron chi connectivity index (χ2n) is 14.2. The quantitative estimate of drug-likeness (QED) is 0.0792. The SMILES string of the molecule is COc1c(C)c2c(c(OC(=O)CC(C)(C)c3c(C)cc(C)cc3OC(=O)CCC(=O)OC(COC(C)=O)COC(C)=O)c1C/C=C(\C)CCC(=O)O)C(=O)OC2. The molecule has 0 atom stereocenters. The molecule has 3 rings (SSSR count). The second kappa shape index (κ2) is 19.7. The van der Waals surface area contributed by atoms with Crippen molar-refractivity contribution in [3.8, 4) is 17.2 Å². The van der Waals surface area contributed by atoms with E-state index < -0.39 is 59.7 Å². The maximum atomic E-state index is 13.9. The van der Waals surface area contributed by atoms with E-state index in [0.717, 1.165) is 11.1 Å². The summed E-state index contributed by atoms with van der Waals surface area (Å²) in [5, 5.41) is 9.12. The topological polar surface area (TPSA) is 204 Å². The first-order valence-corrected chi connectivity index (χ1v) is 18.0. The molecule has 15 nitrogen and oxygen atoms in total. The van der Waals surface area contributed by atoms with Gasteiger partial charge in [0, 0.05) is 42.4 Å². The van der Waals surface area contributed by atoms with Crippen LogP contribution in [-0.4, -0.2) is 73.3 Å². The van der Waals surface area contributed by atoms with Crippen molar-refractivity contribution < 1.29 is 71.8 Å². The predicted molar refractivity (Wildman–Crippen MR) is 198 cm³/mol. The van der Waals surface area contributed by atoms with Crippen LogP contribution in [0.5, 0.6) is 17.2 Å². The van der Waals surface area contributed by atoms with Gasteiger partial charge in [0.25, 0.3) is 0 Å². The normalized spacial score (nSPS) is 12.4. The predicted octanol–water partition coefficient (Wildman–Crippen LogP) is 5.64. The van der Waals surface area contributed by atoms with Gasteiger partial charge in [0.05, 0.1) is 26.4 Å². The second-order valence-corrected chi connectivity index (χ2v) is 14.2. The number of esters is 6. The Bertz CT molecular complexity index is 1880. The van der Waals surface area contributed by atoms with Crippen molar-refractivity contribution in [1.82, 2.24) is 0 Å². The number of aliphatic carboxylic acids is 1. The minimum atomic E-state index is -1.08. The molecule has 0 unspecified atom stereocenters. The molecule has 1 heterocycles. The Morgan fingerprint density at radius 3 is 2.07 bits per heavy atom. The molecule has 56 heavy (non-hydrogen) atoms. The van der Waals surface area contributed by atoms with Crippen LogP contribution in [0.25, 0.3) is 0 Å². The molecule has 304 valence electrons. The molecule has 0 fully saturated rings. The average molecular weight is 783 g/mol. The minimum Gasteiger partial charge on any atom is -0.496 e. The van der Waals surface area contributed by atoms with E-state index in [2.05, 4.69) is 0 Å². The van der Waals surface area contributed by atoms with Crippen molar-refractivity contribution in [3.63, 3.8) is 0 Å². The van der Waals surface area contributed by atoms with E-state index in [1.54, 1.807) is 46.8 Å². The van der Waals surface area contributed by atoms with E-state index in [1.807, 2.05) is 13.0 Å². The van der Waals surface area contributed by atoms with Gasteiger partial charge in [-0.25, -0.2) is 4.79 Å². The van der Waals surface area contributed by atoms with Crippen LogP contribution >= 0.6 is 0 Å². The Kier molecular flexibility index (Phi) is 15.7. The molecule has 2 aromatic rings. The third-order valence-corrected chi connectivity index (χ3v) is 8.94. The maximum Gasteiger partial charge on any atom is 0.342 e. The molecule has 1 aliphatic rings. The van der Waals surface area contributed by atoms with Crippen LogP contribution in [-0.2, 0) is 66.2 Å². The molecular weight excluding hydrogens is 732 g/mol. The summed E-state index contributed by atoms with van der Waals surface area (Å²) < 4.78 is 37.9. The van der Waals surface area contributed by atoms with Crippen molar-refractivity contribution in [1.29, 1.82) is 0 Å². The van der Waals surface area contributed by atoms with Crippen LogP contribution in [0, 0.1) is 20.8 Å². The highest BCUT2D eigenvalue weighted by molar-refractivity contribution is 5.99. The van der Waals surface area contributed by atoms with Crippen molar-refractivity contribution in [2.45, 2.75) is 112 Å². The molecule has 15 heteroatoms. The Balaban J connectivity index is 1.85. The molecule has 0 amide bonds. The molecule has 0 aliphatic carbocycles. The monoisotopic (exact) mass is 782 g/mol. The van der Waals surface area contributed by atoms with Gasteiger partial charge in [-0.05, 0) is 63.3 Å². The van der Waals surface area contributed by atoms with E-state index in [1.165, 1.54) is 21.0 Å². The number of carbonyl (C=O) groups is 7. The zero-order chi connectivity index (χ0) is 41.9. The van der Waals surface area contributed by atoms with Crippen LogP contribution in [0.1, 0.15) is 110 Å². The van der Waals surface area contributed by atoms with Gasteiger partial charge in [0.1, 0.15) is 36.9 Å². The molecule has 0 saturated carbocycles. The van der Waals surface area contributed by atoms with Gasteiger partial charge in [-0.2, -0.15) is 0 Å². The Hall–Kier alpha value is -5.73. The number of methoxy groups -OCH3 is 1. The zero-order valence-electron chi connectivity index (χ0n) is 33.3. The van der Waals surface area contributed by atoms with E-state index in [9.17, 15) is 33.6 Å². The van der Waals surface area contributed by atoms with E-state index in [0.29, 0.717) is 40.0 Å². The molecule has 1 N–H and O–H groups in total. The van der Waals surface area contributed by atoms with Crippen molar-refractivity contribution in [2.24, 2.45) is 0 Å². The van der Waals surface area contributed by atoms with Crippen LogP contribution < -0.4 is 14.2 Å². The van der Waals surface area contributed by atoms with E-state index in [4.69, 9.17) is 38.3 Å². The Morgan fingerprint density at radius 1 is 0.857 bits per heavy atom. The van der Waals surface area contributed by atoms with Gasteiger partial charge < -0.3 is 38.3 Å². The first kappa shape index (κ1) is 44.7. The molecule has 1 aliphatic heterocycles. The highest BCUT2D eigenvalue weighted by Crippen LogP contribution is 2.44. The number of allylic oxidation sites excluding steroid dienone is 2. The number of hydrogen-bond donors (Lipinski definition) is 1. The molecule has 0 bridgehead atoms. The van der Waals surface area contributed by atoms with Gasteiger partial charge in [0.2, 0.25) is 0 Å². The highest BCUT2D eigenvalue weighted by atomic mass is 16.6. The molecule has 0 spiro atoms. The molecule has 0 radical (unpaired) electrons. The van der Waals surface area contributed by atoms with Gasteiger partial charge >= 0.3 is 41.8 Å². The highest BCUT2D eigenvalue weighted by Gasteiger charge is 2.36. The number of carboxylic acids is 1. The summed E-state index contributed by atoms with van der Waals surface area (Å²) in [6, 6.07) is 3.51. The van der Waals surface area contributed by atoms with Crippen LogP contribution in [0.3, 0.4) is 0 Å². The van der Waals surface area contributed by atoms with Crippen LogP contribution in [0.4, 0.5) is 0 Å². The largest absolute Gasteiger partial charge is 0.496 e. The lowest BCUT2D eigenvalue weighted by molar-refractivity contribution is -0.165. The first-order chi connectivity index (χ1) is 26.2. The number of carboxylic acid groups (broad SMARTS) is 1. The Labute approximate surface area is 325 Å². The van der Waals surface area contributed by atoms with E-state index >= 15 is 0 Å². The molecular formula is C41H50O15. The minimum absolute atomic E-state index is 0.00449. The fourth-order valence-electron chi connectivity index (χ4n) is 6.44. The van der Waals surface area contributed by atoms with Gasteiger partial charge in [-0.15, -0.1) is 0 Å². The standard InChI is InChI=1S/C41H50O15/c1-22(11-13-32(44)45)10-12-29-38(50-9)25(4)30-21-53-40(49)36(30)39(29)56-35(48)18-41(7,8)37-24(3)16-23(2)17-31(37)55-34(47)15-14-33(46)54-28(19-51-26(5)42)20-52-27(6)43/h10,16-17,28H,11-15,18-21H2,1-9H3,(H,44,45)/b22-10+. The number of hydrogen-bond acceptors (Lipinski definition) is 14. The zero-order valence-corrected chi connectivity index (χ0v) is 33.3. The average Bonchev–Trinajstić information content (AvgIpc) is 3.48. The third kappa shape index (κ3) is 12.4. The summed E-state index contributed by atoms with van der Waals surface area (Å²) in [6.07, 6.45) is 0.126. The van der Waals surface area contributed by atoms with Gasteiger partial charge in [-0.3, -0.25) is 28.8 Å². The molecule has 0 saturated heterocycles. The number of ether oxygens (including phenoxy) is 7. The fourth-order valence-corrected chi connectivity index (χ4v) is 6.44. The van der Waals surface area contributed by atoms with E-state index in [-0.39, 0.29) is 62.6 Å². The summed E-state index contributed by atoms with van der Waals surface area (Å²) in [6.45, 7) is 12.3.